The van der Waals surface area contributed by atoms with Gasteiger partial charge in [-0.05, 0) is 67.9 Å². The van der Waals surface area contributed by atoms with Gasteiger partial charge in [0.25, 0.3) is 5.91 Å². The van der Waals surface area contributed by atoms with Crippen LogP contribution in [0.5, 0.6) is 0 Å². The first-order chi connectivity index (χ1) is 17.7. The van der Waals surface area contributed by atoms with Gasteiger partial charge in [-0.25, -0.2) is 4.79 Å². The summed E-state index contributed by atoms with van der Waals surface area (Å²) in [6.07, 6.45) is -0.279. The fraction of sp³-hybridized carbons (Fsp3) is 0.138. The van der Waals surface area contributed by atoms with Crippen molar-refractivity contribution in [2.24, 2.45) is 0 Å². The number of carbonyl (C=O) groups is 3. The van der Waals surface area contributed by atoms with Crippen molar-refractivity contribution in [2.45, 2.75) is 26.0 Å². The Balaban J connectivity index is 1.56. The van der Waals surface area contributed by atoms with Crippen LogP contribution in [0.1, 0.15) is 46.4 Å². The molecule has 1 aromatic heterocycles. The Hall–Kier alpha value is -4.36. The van der Waals surface area contributed by atoms with Crippen LogP contribution in [0.2, 0.25) is 5.02 Å². The molecule has 0 radical (unpaired) electrons. The Kier molecular flexibility index (Phi) is 6.31. The zero-order valence-electron chi connectivity index (χ0n) is 20.0. The monoisotopic (exact) mass is 515 g/mol. The summed E-state index contributed by atoms with van der Waals surface area (Å²) in [7, 11) is 0. The van der Waals surface area contributed by atoms with Crippen LogP contribution in [-0.4, -0.2) is 28.9 Å². The quantitative estimate of drug-likeness (QED) is 0.234. The number of amides is 1. The molecule has 1 unspecified atom stereocenters. The maximum atomic E-state index is 13.7. The Morgan fingerprint density at radius 3 is 2.38 bits per heavy atom. The number of hydrogen-bond acceptors (Lipinski definition) is 6. The predicted octanol–water partition coefficient (Wildman–Crippen LogP) is 6.43. The third-order valence-corrected chi connectivity index (χ3v) is 6.23. The molecule has 2 heterocycles. The second-order valence-corrected chi connectivity index (χ2v) is 9.31. The second kappa shape index (κ2) is 9.59. The molecule has 0 bridgehead atoms. The number of nitrogens with zero attached hydrogens (tertiary/aromatic N) is 1. The van der Waals surface area contributed by atoms with E-state index in [4.69, 9.17) is 20.8 Å². The van der Waals surface area contributed by atoms with Gasteiger partial charge in [-0.15, -0.1) is 0 Å². The summed E-state index contributed by atoms with van der Waals surface area (Å²) in [5.41, 5.74) is 1.67. The van der Waals surface area contributed by atoms with Crippen molar-refractivity contribution < 1.29 is 28.6 Å². The van der Waals surface area contributed by atoms with Gasteiger partial charge < -0.3 is 14.3 Å². The van der Waals surface area contributed by atoms with Crippen molar-refractivity contribution in [3.8, 4) is 0 Å². The maximum Gasteiger partial charge on any atom is 0.338 e. The highest BCUT2D eigenvalue weighted by molar-refractivity contribution is 6.31. The Bertz CT molecular complexity index is 1550. The molecule has 0 saturated carbocycles. The number of furan rings is 1. The van der Waals surface area contributed by atoms with E-state index in [-0.39, 0.29) is 17.4 Å². The van der Waals surface area contributed by atoms with Crippen molar-refractivity contribution in [2.75, 3.05) is 4.90 Å². The van der Waals surface area contributed by atoms with Crippen molar-refractivity contribution in [1.29, 1.82) is 0 Å². The van der Waals surface area contributed by atoms with Crippen LogP contribution >= 0.6 is 11.6 Å². The summed E-state index contributed by atoms with van der Waals surface area (Å²) in [5.74, 6) is -2.54. The van der Waals surface area contributed by atoms with Gasteiger partial charge in [0, 0.05) is 16.1 Å². The van der Waals surface area contributed by atoms with E-state index in [0.717, 1.165) is 0 Å². The molecule has 1 aliphatic heterocycles. The summed E-state index contributed by atoms with van der Waals surface area (Å²) in [6.45, 7) is 3.51. The van der Waals surface area contributed by atoms with Gasteiger partial charge in [-0.2, -0.15) is 0 Å². The number of carbonyl (C=O) groups excluding carboxylic acids is 3. The summed E-state index contributed by atoms with van der Waals surface area (Å²) in [6, 6.07) is 20.7. The summed E-state index contributed by atoms with van der Waals surface area (Å²) in [4.78, 5) is 40.6. The normalized spacial score (nSPS) is 15.6. The van der Waals surface area contributed by atoms with Crippen molar-refractivity contribution in [3.63, 3.8) is 0 Å². The number of ether oxygens (including phenoxy) is 1. The van der Waals surface area contributed by atoms with Gasteiger partial charge in [0.1, 0.15) is 5.58 Å². The summed E-state index contributed by atoms with van der Waals surface area (Å²) >= 11 is 6.07. The molecule has 0 saturated heterocycles. The first-order valence-corrected chi connectivity index (χ1v) is 12.0. The van der Waals surface area contributed by atoms with Crippen LogP contribution in [0.3, 0.4) is 0 Å². The number of benzene rings is 3. The number of ketones is 1. The fourth-order valence-corrected chi connectivity index (χ4v) is 4.53. The van der Waals surface area contributed by atoms with Gasteiger partial charge in [-0.3, -0.25) is 14.5 Å². The SMILES string of the molecule is CC(C)OC(=O)c1ccc(N2C(=O)C(O)=C(C(=O)c3cc4cc(Cl)ccc4o3)C2c2ccccc2)cc1. The van der Waals surface area contributed by atoms with Gasteiger partial charge in [0.2, 0.25) is 5.78 Å². The molecule has 0 spiro atoms. The molecule has 4 aromatic rings. The maximum absolute atomic E-state index is 13.7. The molecule has 3 aromatic carbocycles. The number of fused-ring (bicyclic) bond motifs is 1. The van der Waals surface area contributed by atoms with Gasteiger partial charge in [0.15, 0.2) is 11.5 Å². The predicted molar refractivity (Wildman–Crippen MR) is 139 cm³/mol. The number of Topliss-reactive ketones (excluding diaryl/α,β-unsaturated/α-hetero) is 1. The highest BCUT2D eigenvalue weighted by atomic mass is 35.5. The van der Waals surface area contributed by atoms with Crippen LogP contribution in [0.25, 0.3) is 11.0 Å². The van der Waals surface area contributed by atoms with Gasteiger partial charge in [0.05, 0.1) is 23.3 Å². The number of rotatable bonds is 6. The highest BCUT2D eigenvalue weighted by Gasteiger charge is 2.45. The zero-order valence-corrected chi connectivity index (χ0v) is 20.7. The van der Waals surface area contributed by atoms with Crippen LogP contribution in [0.15, 0.2) is 94.6 Å². The van der Waals surface area contributed by atoms with Crippen LogP contribution in [0, 0.1) is 0 Å². The molecule has 1 N–H and O–H groups in total. The first kappa shape index (κ1) is 24.3. The average Bonchev–Trinajstić information content (AvgIpc) is 3.42. The molecule has 37 heavy (non-hydrogen) atoms. The average molecular weight is 516 g/mol. The van der Waals surface area contributed by atoms with E-state index in [1.165, 1.54) is 23.1 Å². The molecular weight excluding hydrogens is 494 g/mol. The van der Waals surface area contributed by atoms with E-state index < -0.39 is 29.5 Å². The Morgan fingerprint density at radius 1 is 1.00 bits per heavy atom. The van der Waals surface area contributed by atoms with E-state index in [1.54, 1.807) is 68.4 Å². The molecule has 1 amide bonds. The van der Waals surface area contributed by atoms with E-state index in [1.807, 2.05) is 6.07 Å². The van der Waals surface area contributed by atoms with Gasteiger partial charge in [-0.1, -0.05) is 41.9 Å². The Morgan fingerprint density at radius 2 is 1.70 bits per heavy atom. The smallest absolute Gasteiger partial charge is 0.338 e. The van der Waals surface area contributed by atoms with Crippen LogP contribution in [0.4, 0.5) is 5.69 Å². The number of hydrogen-bond donors (Lipinski definition) is 1. The number of anilines is 1. The molecule has 8 heteroatoms. The standard InChI is InChI=1S/C29H22ClNO6/c1-16(2)36-29(35)18-8-11-21(12-9-18)31-25(17-6-4-3-5-7-17)24(27(33)28(31)34)26(32)23-15-19-14-20(30)10-13-22(19)37-23/h3-16,25,33H,1-2H3. The van der Waals surface area contributed by atoms with E-state index >= 15 is 0 Å². The largest absolute Gasteiger partial charge is 0.503 e. The van der Waals surface area contributed by atoms with E-state index in [2.05, 4.69) is 0 Å². The topological polar surface area (TPSA) is 97.0 Å². The lowest BCUT2D eigenvalue weighted by molar-refractivity contribution is -0.117. The third kappa shape index (κ3) is 4.49. The lowest BCUT2D eigenvalue weighted by atomic mass is 9.94. The number of esters is 1. The van der Waals surface area contributed by atoms with Crippen molar-refractivity contribution >= 4 is 45.9 Å². The summed E-state index contributed by atoms with van der Waals surface area (Å²) < 4.78 is 11.0. The fourth-order valence-electron chi connectivity index (χ4n) is 4.35. The molecule has 0 aliphatic carbocycles. The molecule has 186 valence electrons. The lowest BCUT2D eigenvalue weighted by Crippen LogP contribution is -2.31. The molecule has 5 rings (SSSR count). The molecule has 7 nitrogen and oxygen atoms in total. The van der Waals surface area contributed by atoms with E-state index in [9.17, 15) is 19.5 Å². The van der Waals surface area contributed by atoms with Crippen LogP contribution in [-0.2, 0) is 9.53 Å². The van der Waals surface area contributed by atoms with E-state index in [0.29, 0.717) is 32.8 Å². The third-order valence-electron chi connectivity index (χ3n) is 5.99. The number of aliphatic hydroxyl groups is 1. The molecule has 0 fully saturated rings. The lowest BCUT2D eigenvalue weighted by Gasteiger charge is -2.27. The minimum absolute atomic E-state index is 0.0267. The van der Waals surface area contributed by atoms with Crippen molar-refractivity contribution in [3.05, 3.63) is 112 Å². The second-order valence-electron chi connectivity index (χ2n) is 8.87. The molecule has 1 aliphatic rings. The number of halogens is 1. The highest BCUT2D eigenvalue weighted by Crippen LogP contribution is 2.42. The molecular formula is C29H22ClNO6. The first-order valence-electron chi connectivity index (χ1n) is 11.6. The summed E-state index contributed by atoms with van der Waals surface area (Å²) in [5, 5.41) is 12.1. The molecule has 1 atom stereocenters. The minimum atomic E-state index is -0.925. The minimum Gasteiger partial charge on any atom is -0.503 e. The Labute approximate surface area is 217 Å². The number of aliphatic hydroxyl groups excluding tert-OH is 1. The van der Waals surface area contributed by atoms with Crippen molar-refractivity contribution in [1.82, 2.24) is 0 Å². The van der Waals surface area contributed by atoms with Crippen LogP contribution < -0.4 is 4.90 Å². The zero-order chi connectivity index (χ0) is 26.3. The van der Waals surface area contributed by atoms with Gasteiger partial charge >= 0.3 is 5.97 Å².